The smallest absolute Gasteiger partial charge is 0.222 e. The number of hydrogen-bond acceptors (Lipinski definition) is 10. The van der Waals surface area contributed by atoms with Gasteiger partial charge in [0.1, 0.15) is 11.0 Å². The van der Waals surface area contributed by atoms with Crippen LogP contribution in [0.1, 0.15) is 44.2 Å². The first-order valence-corrected chi connectivity index (χ1v) is 13.3. The van der Waals surface area contributed by atoms with Gasteiger partial charge in [0.25, 0.3) is 0 Å². The zero-order chi connectivity index (χ0) is 28.2. The van der Waals surface area contributed by atoms with Crippen molar-refractivity contribution in [2.24, 2.45) is 5.73 Å². The summed E-state index contributed by atoms with van der Waals surface area (Å²) in [6, 6.07) is 10.2. The maximum Gasteiger partial charge on any atom is 0.222 e. The molecule has 1 atom stereocenters. The quantitative estimate of drug-likeness (QED) is 0.210. The van der Waals surface area contributed by atoms with Gasteiger partial charge in [0.05, 0.1) is 31.9 Å². The lowest BCUT2D eigenvalue weighted by Crippen LogP contribution is -2.10. The van der Waals surface area contributed by atoms with Gasteiger partial charge in [-0.15, -0.1) is 0 Å². The predicted molar refractivity (Wildman–Crippen MR) is 155 cm³/mol. The second-order valence-electron chi connectivity index (χ2n) is 9.06. The van der Waals surface area contributed by atoms with E-state index in [1.54, 1.807) is 20.2 Å². The number of fused-ring (bicyclic) bond motifs is 3. The van der Waals surface area contributed by atoms with Crippen LogP contribution in [0.2, 0.25) is 0 Å². The van der Waals surface area contributed by atoms with Gasteiger partial charge in [-0.1, -0.05) is 31.5 Å². The van der Waals surface area contributed by atoms with Crippen molar-refractivity contribution in [1.29, 1.82) is 0 Å². The van der Waals surface area contributed by atoms with Crippen LogP contribution in [0.3, 0.4) is 0 Å². The third-order valence-corrected chi connectivity index (χ3v) is 6.09. The fraction of sp³-hybridized carbons (Fsp3) is 0.464. The number of anilines is 2. The topological polar surface area (TPSA) is 167 Å². The molecule has 0 aliphatic carbocycles. The molecular formula is C28H41N7O4. The van der Waals surface area contributed by atoms with Gasteiger partial charge in [0.2, 0.25) is 11.8 Å². The molecule has 5 rings (SSSR count). The van der Waals surface area contributed by atoms with Gasteiger partial charge in [0.15, 0.2) is 5.82 Å². The SMILES string of the molecule is CCCCNc1nc(N)nc2c3ccccc3n(Cc3cc(CN)cnc3OC)c12.CCO.OC1CCOC1. The van der Waals surface area contributed by atoms with Gasteiger partial charge >= 0.3 is 0 Å². The van der Waals surface area contributed by atoms with Crippen LogP contribution >= 0.6 is 0 Å². The van der Waals surface area contributed by atoms with Gasteiger partial charge in [0, 0.05) is 43.4 Å². The van der Waals surface area contributed by atoms with Gasteiger partial charge in [-0.2, -0.15) is 4.98 Å². The van der Waals surface area contributed by atoms with Crippen molar-refractivity contribution >= 4 is 33.7 Å². The van der Waals surface area contributed by atoms with Crippen LogP contribution in [0.25, 0.3) is 21.9 Å². The van der Waals surface area contributed by atoms with Crippen LogP contribution in [0.15, 0.2) is 36.5 Å². The fourth-order valence-corrected chi connectivity index (χ4v) is 4.26. The number of aliphatic hydroxyl groups is 2. The summed E-state index contributed by atoms with van der Waals surface area (Å²) in [6.07, 6.45) is 4.52. The lowest BCUT2D eigenvalue weighted by molar-refractivity contribution is 0.127. The molecular weight excluding hydrogens is 498 g/mol. The zero-order valence-electron chi connectivity index (χ0n) is 23.1. The summed E-state index contributed by atoms with van der Waals surface area (Å²) in [7, 11) is 1.63. The lowest BCUT2D eigenvalue weighted by Gasteiger charge is -2.14. The van der Waals surface area contributed by atoms with E-state index in [1.807, 2.05) is 18.2 Å². The molecule has 1 unspecified atom stereocenters. The van der Waals surface area contributed by atoms with Crippen LogP contribution in [-0.2, 0) is 17.8 Å². The molecule has 1 saturated heterocycles. The van der Waals surface area contributed by atoms with Crippen LogP contribution in [0.5, 0.6) is 5.88 Å². The number of pyridine rings is 1. The molecule has 11 heteroatoms. The number of nitrogens with zero attached hydrogens (tertiary/aromatic N) is 4. The van der Waals surface area contributed by atoms with E-state index < -0.39 is 0 Å². The number of para-hydroxylation sites is 1. The minimum Gasteiger partial charge on any atom is -0.481 e. The number of nitrogens with one attached hydrogen (secondary N) is 1. The maximum absolute atomic E-state index is 8.60. The summed E-state index contributed by atoms with van der Waals surface area (Å²) >= 11 is 0. The van der Waals surface area contributed by atoms with Crippen LogP contribution in [-0.4, -0.2) is 69.3 Å². The molecule has 1 aromatic carbocycles. The maximum atomic E-state index is 8.60. The summed E-state index contributed by atoms with van der Waals surface area (Å²) in [4.78, 5) is 13.5. The Balaban J connectivity index is 0.000000400. The predicted octanol–water partition coefficient (Wildman–Crippen LogP) is 3.06. The van der Waals surface area contributed by atoms with Gasteiger partial charge < -0.3 is 41.0 Å². The van der Waals surface area contributed by atoms with Crippen LogP contribution in [0.4, 0.5) is 11.8 Å². The summed E-state index contributed by atoms with van der Waals surface area (Å²) in [5, 5.41) is 20.7. The van der Waals surface area contributed by atoms with Crippen molar-refractivity contribution < 1.29 is 19.7 Å². The average molecular weight is 540 g/mol. The average Bonchev–Trinajstić information content (AvgIpc) is 3.54. The fourth-order valence-electron chi connectivity index (χ4n) is 4.26. The molecule has 0 saturated carbocycles. The first-order valence-electron chi connectivity index (χ1n) is 13.3. The molecule has 4 aromatic rings. The second kappa shape index (κ2) is 15.2. The van der Waals surface area contributed by atoms with E-state index in [0.29, 0.717) is 25.6 Å². The molecule has 0 amide bonds. The Bertz CT molecular complexity index is 1320. The minimum atomic E-state index is -0.176. The Labute approximate surface area is 229 Å². The molecule has 4 heterocycles. The highest BCUT2D eigenvalue weighted by Gasteiger charge is 2.19. The normalized spacial score (nSPS) is 14.5. The number of nitrogens with two attached hydrogens (primary N) is 2. The van der Waals surface area contributed by atoms with E-state index in [2.05, 4.69) is 43.9 Å². The Kier molecular flexibility index (Phi) is 11.7. The van der Waals surface area contributed by atoms with Crippen molar-refractivity contribution in [3.8, 4) is 5.88 Å². The van der Waals surface area contributed by atoms with Crippen LogP contribution < -0.4 is 21.5 Å². The van der Waals surface area contributed by atoms with Gasteiger partial charge in [-0.05, 0) is 37.5 Å². The zero-order valence-corrected chi connectivity index (χ0v) is 23.1. The number of nitrogen functional groups attached to an aromatic ring is 1. The standard InChI is InChI=1S/C22H27N7O.C4H8O2.C2H6O/c1-3-4-9-25-20-19-18(27-22(24)28-20)16-7-5-6-8-17(16)29(19)13-15-10-14(11-23)12-26-21(15)30-2;5-4-1-2-6-3-4;1-2-3/h5-8,10,12H,3-4,9,11,13,23H2,1-2H3,(H3,24,25,27,28);4-5H,1-3H2;3H,2H2,1H3. The number of methoxy groups -OCH3 is 1. The lowest BCUT2D eigenvalue weighted by atomic mass is 10.2. The Morgan fingerprint density at radius 2 is 2.00 bits per heavy atom. The molecule has 1 aliphatic heterocycles. The van der Waals surface area contributed by atoms with Crippen LogP contribution in [0, 0.1) is 0 Å². The highest BCUT2D eigenvalue weighted by Crippen LogP contribution is 2.33. The Morgan fingerprint density at radius 3 is 2.62 bits per heavy atom. The number of rotatable bonds is 8. The summed E-state index contributed by atoms with van der Waals surface area (Å²) in [5.74, 6) is 1.58. The van der Waals surface area contributed by atoms with E-state index in [-0.39, 0.29) is 18.7 Å². The van der Waals surface area contributed by atoms with Crippen molar-refractivity contribution in [2.75, 3.05) is 44.5 Å². The first-order chi connectivity index (χ1) is 19.0. The van der Waals surface area contributed by atoms with Crippen molar-refractivity contribution in [2.45, 2.75) is 52.3 Å². The monoisotopic (exact) mass is 539 g/mol. The van der Waals surface area contributed by atoms with Crippen molar-refractivity contribution in [3.63, 3.8) is 0 Å². The molecule has 1 aliphatic rings. The number of benzene rings is 1. The minimum absolute atomic E-state index is 0.176. The summed E-state index contributed by atoms with van der Waals surface area (Å²) in [5.41, 5.74) is 16.6. The number of unbranched alkanes of at least 4 members (excludes halogenated alkanes) is 1. The number of ether oxygens (including phenoxy) is 2. The molecule has 7 N–H and O–H groups in total. The summed E-state index contributed by atoms with van der Waals surface area (Å²) < 4.78 is 12.5. The first kappa shape index (κ1) is 30.0. The molecule has 0 bridgehead atoms. The Hall–Kier alpha value is -3.51. The van der Waals surface area contributed by atoms with Crippen molar-refractivity contribution in [1.82, 2.24) is 19.5 Å². The summed E-state index contributed by atoms with van der Waals surface area (Å²) in [6.45, 7) is 7.15. The third kappa shape index (κ3) is 7.76. The van der Waals surface area contributed by atoms with Gasteiger partial charge in [-0.3, -0.25) is 0 Å². The third-order valence-electron chi connectivity index (χ3n) is 6.09. The molecule has 1 fully saturated rings. The molecule has 39 heavy (non-hydrogen) atoms. The van der Waals surface area contributed by atoms with E-state index in [4.69, 9.17) is 31.2 Å². The molecule has 212 valence electrons. The highest BCUT2D eigenvalue weighted by molar-refractivity contribution is 6.09. The molecule has 0 spiro atoms. The second-order valence-corrected chi connectivity index (χ2v) is 9.06. The van der Waals surface area contributed by atoms with E-state index in [9.17, 15) is 0 Å². The van der Waals surface area contributed by atoms with Gasteiger partial charge in [-0.25, -0.2) is 9.97 Å². The molecule has 0 radical (unpaired) electrons. The highest BCUT2D eigenvalue weighted by atomic mass is 16.5. The van der Waals surface area contributed by atoms with E-state index >= 15 is 0 Å². The largest absolute Gasteiger partial charge is 0.481 e. The molecule has 11 nitrogen and oxygen atoms in total. The number of aromatic nitrogens is 4. The van der Waals surface area contributed by atoms with Crippen molar-refractivity contribution in [3.05, 3.63) is 47.7 Å². The molecule has 3 aromatic heterocycles. The number of hydrogen-bond donors (Lipinski definition) is 5. The van der Waals surface area contributed by atoms with E-state index in [0.717, 1.165) is 71.3 Å². The van der Waals surface area contributed by atoms with E-state index in [1.165, 1.54) is 0 Å². The number of aliphatic hydroxyl groups excluding tert-OH is 2. The Morgan fingerprint density at radius 1 is 1.23 bits per heavy atom.